The maximum absolute atomic E-state index is 12.6. The van der Waals surface area contributed by atoms with Gasteiger partial charge in [0.05, 0.1) is 23.1 Å². The summed E-state index contributed by atoms with van der Waals surface area (Å²) < 4.78 is 26.5. The van der Waals surface area contributed by atoms with Gasteiger partial charge in [-0.25, -0.2) is 8.42 Å². The minimum Gasteiger partial charge on any atom is -0.269 e. The number of anilines is 1. The number of para-hydroxylation sites is 1. The van der Waals surface area contributed by atoms with E-state index in [4.69, 9.17) is 5.26 Å². The van der Waals surface area contributed by atoms with Gasteiger partial charge < -0.3 is 0 Å². The SMILES string of the molecule is Cc1ccccc1N(C)S(=O)(=O)c1ccc(CC#N)cc1. The van der Waals surface area contributed by atoms with E-state index >= 15 is 0 Å². The van der Waals surface area contributed by atoms with Crippen molar-refractivity contribution in [1.82, 2.24) is 0 Å². The van der Waals surface area contributed by atoms with E-state index in [1.54, 1.807) is 25.2 Å². The Bertz CT molecular complexity index is 775. The summed E-state index contributed by atoms with van der Waals surface area (Å²) in [7, 11) is -2.05. The Morgan fingerprint density at radius 1 is 1.10 bits per heavy atom. The third-order valence-corrected chi connectivity index (χ3v) is 5.11. The van der Waals surface area contributed by atoms with Crippen LogP contribution in [0.1, 0.15) is 11.1 Å². The fraction of sp³-hybridized carbons (Fsp3) is 0.188. The summed E-state index contributed by atoms with van der Waals surface area (Å²) in [4.78, 5) is 0.218. The Hall–Kier alpha value is -2.32. The van der Waals surface area contributed by atoms with Crippen molar-refractivity contribution >= 4 is 15.7 Å². The second-order valence-electron chi connectivity index (χ2n) is 4.74. The van der Waals surface area contributed by atoms with Crippen LogP contribution in [0.5, 0.6) is 0 Å². The highest BCUT2D eigenvalue weighted by Crippen LogP contribution is 2.25. The third kappa shape index (κ3) is 3.06. The van der Waals surface area contributed by atoms with Gasteiger partial charge in [0, 0.05) is 7.05 Å². The Labute approximate surface area is 125 Å². The van der Waals surface area contributed by atoms with E-state index in [1.165, 1.54) is 16.4 Å². The van der Waals surface area contributed by atoms with Gasteiger partial charge in [0.15, 0.2) is 0 Å². The van der Waals surface area contributed by atoms with Gasteiger partial charge in [0.2, 0.25) is 0 Å². The molecule has 0 bridgehead atoms. The van der Waals surface area contributed by atoms with E-state index in [0.29, 0.717) is 5.69 Å². The van der Waals surface area contributed by atoms with E-state index in [2.05, 4.69) is 0 Å². The van der Waals surface area contributed by atoms with Crippen molar-refractivity contribution in [2.24, 2.45) is 0 Å². The topological polar surface area (TPSA) is 61.2 Å². The predicted molar refractivity (Wildman–Crippen MR) is 82.5 cm³/mol. The molecular weight excluding hydrogens is 284 g/mol. The monoisotopic (exact) mass is 300 g/mol. The van der Waals surface area contributed by atoms with Gasteiger partial charge in [0.25, 0.3) is 10.0 Å². The van der Waals surface area contributed by atoms with Crippen LogP contribution in [-0.2, 0) is 16.4 Å². The van der Waals surface area contributed by atoms with E-state index in [-0.39, 0.29) is 11.3 Å². The number of nitrogens with zero attached hydrogens (tertiary/aromatic N) is 2. The molecule has 0 aliphatic rings. The van der Waals surface area contributed by atoms with Gasteiger partial charge in [-0.2, -0.15) is 5.26 Å². The van der Waals surface area contributed by atoms with Crippen LogP contribution in [-0.4, -0.2) is 15.5 Å². The molecular formula is C16H16N2O2S. The number of nitriles is 1. The molecule has 5 heteroatoms. The van der Waals surface area contributed by atoms with E-state index < -0.39 is 10.0 Å². The number of hydrogen-bond acceptors (Lipinski definition) is 3. The second-order valence-corrected chi connectivity index (χ2v) is 6.71. The molecule has 0 heterocycles. The van der Waals surface area contributed by atoms with E-state index in [0.717, 1.165) is 11.1 Å². The molecule has 0 unspecified atom stereocenters. The highest BCUT2D eigenvalue weighted by molar-refractivity contribution is 7.92. The average molecular weight is 300 g/mol. The van der Waals surface area contributed by atoms with Gasteiger partial charge in [0.1, 0.15) is 0 Å². The second kappa shape index (κ2) is 5.98. The summed E-state index contributed by atoms with van der Waals surface area (Å²) >= 11 is 0. The van der Waals surface area contributed by atoms with Gasteiger partial charge in [-0.15, -0.1) is 0 Å². The molecule has 0 saturated heterocycles. The lowest BCUT2D eigenvalue weighted by atomic mass is 10.2. The molecule has 0 spiro atoms. The molecule has 0 amide bonds. The lowest BCUT2D eigenvalue weighted by Crippen LogP contribution is -2.27. The molecule has 0 aromatic heterocycles. The first kappa shape index (κ1) is 15.1. The number of benzene rings is 2. The smallest absolute Gasteiger partial charge is 0.264 e. The van der Waals surface area contributed by atoms with Crippen molar-refractivity contribution in [3.8, 4) is 6.07 Å². The quantitative estimate of drug-likeness (QED) is 0.872. The van der Waals surface area contributed by atoms with Crippen LogP contribution in [0.4, 0.5) is 5.69 Å². The Balaban J connectivity index is 2.38. The van der Waals surface area contributed by atoms with E-state index in [1.807, 2.05) is 31.2 Å². The average Bonchev–Trinajstić information content (AvgIpc) is 2.48. The van der Waals surface area contributed by atoms with Crippen molar-refractivity contribution in [3.63, 3.8) is 0 Å². The van der Waals surface area contributed by atoms with Crippen molar-refractivity contribution < 1.29 is 8.42 Å². The minimum absolute atomic E-state index is 0.218. The van der Waals surface area contributed by atoms with Crippen LogP contribution >= 0.6 is 0 Å². The molecule has 0 aliphatic heterocycles. The molecule has 0 atom stereocenters. The largest absolute Gasteiger partial charge is 0.269 e. The zero-order chi connectivity index (χ0) is 15.5. The summed E-state index contributed by atoms with van der Waals surface area (Å²) in [5.74, 6) is 0. The fourth-order valence-corrected chi connectivity index (χ4v) is 3.33. The van der Waals surface area contributed by atoms with Crippen molar-refractivity contribution in [3.05, 3.63) is 59.7 Å². The predicted octanol–water partition coefficient (Wildman–Crippen LogP) is 2.89. The van der Waals surface area contributed by atoms with Gasteiger partial charge in [-0.1, -0.05) is 30.3 Å². The molecule has 108 valence electrons. The lowest BCUT2D eigenvalue weighted by Gasteiger charge is -2.21. The molecule has 0 aliphatic carbocycles. The minimum atomic E-state index is -3.60. The van der Waals surface area contributed by atoms with Crippen LogP contribution in [0.2, 0.25) is 0 Å². The lowest BCUT2D eigenvalue weighted by molar-refractivity contribution is 0.594. The summed E-state index contributed by atoms with van der Waals surface area (Å²) in [6.07, 6.45) is 0.272. The molecule has 4 nitrogen and oxygen atoms in total. The summed E-state index contributed by atoms with van der Waals surface area (Å²) in [5.41, 5.74) is 2.35. The molecule has 0 saturated carbocycles. The maximum Gasteiger partial charge on any atom is 0.264 e. The van der Waals surface area contributed by atoms with Gasteiger partial charge >= 0.3 is 0 Å². The zero-order valence-electron chi connectivity index (χ0n) is 11.9. The number of rotatable bonds is 4. The molecule has 0 N–H and O–H groups in total. The number of aryl methyl sites for hydroxylation is 1. The van der Waals surface area contributed by atoms with Crippen molar-refractivity contribution in [1.29, 1.82) is 5.26 Å². The standard InChI is InChI=1S/C16H16N2O2S/c1-13-5-3-4-6-16(13)18(2)21(19,20)15-9-7-14(8-10-15)11-12-17/h3-10H,11H2,1-2H3. The van der Waals surface area contributed by atoms with Crippen molar-refractivity contribution in [2.75, 3.05) is 11.4 Å². The van der Waals surface area contributed by atoms with Crippen LogP contribution < -0.4 is 4.31 Å². The Morgan fingerprint density at radius 3 is 2.29 bits per heavy atom. The van der Waals surface area contributed by atoms with Crippen LogP contribution in [0.3, 0.4) is 0 Å². The highest BCUT2D eigenvalue weighted by atomic mass is 32.2. The van der Waals surface area contributed by atoms with Crippen LogP contribution in [0.15, 0.2) is 53.4 Å². The Kier molecular flexibility index (Phi) is 4.29. The van der Waals surface area contributed by atoms with Gasteiger partial charge in [-0.05, 0) is 36.2 Å². The van der Waals surface area contributed by atoms with Gasteiger partial charge in [-0.3, -0.25) is 4.31 Å². The number of hydrogen-bond donors (Lipinski definition) is 0. The van der Waals surface area contributed by atoms with Crippen LogP contribution in [0.25, 0.3) is 0 Å². The first-order valence-corrected chi connectivity index (χ1v) is 7.91. The summed E-state index contributed by atoms with van der Waals surface area (Å²) in [6.45, 7) is 1.87. The maximum atomic E-state index is 12.6. The van der Waals surface area contributed by atoms with E-state index in [9.17, 15) is 8.42 Å². The normalized spacial score (nSPS) is 10.9. The molecule has 0 fully saturated rings. The Morgan fingerprint density at radius 2 is 1.71 bits per heavy atom. The first-order chi connectivity index (χ1) is 9.96. The highest BCUT2D eigenvalue weighted by Gasteiger charge is 2.22. The zero-order valence-corrected chi connectivity index (χ0v) is 12.8. The fourth-order valence-electron chi connectivity index (χ4n) is 2.07. The third-order valence-electron chi connectivity index (χ3n) is 3.32. The van der Waals surface area contributed by atoms with Crippen LogP contribution in [0, 0.1) is 18.3 Å². The molecule has 2 aromatic rings. The first-order valence-electron chi connectivity index (χ1n) is 6.47. The summed E-state index contributed by atoms with van der Waals surface area (Å²) in [5, 5.41) is 8.64. The molecule has 2 rings (SSSR count). The molecule has 2 aromatic carbocycles. The number of sulfonamides is 1. The summed E-state index contributed by atoms with van der Waals surface area (Å²) in [6, 6.07) is 15.8. The van der Waals surface area contributed by atoms with Crippen molar-refractivity contribution in [2.45, 2.75) is 18.2 Å². The molecule has 21 heavy (non-hydrogen) atoms. The molecule has 0 radical (unpaired) electrons.